The van der Waals surface area contributed by atoms with Crippen LogP contribution in [0.5, 0.6) is 0 Å². The number of guanidine groups is 1. The van der Waals surface area contributed by atoms with Gasteiger partial charge in [0.1, 0.15) is 0 Å². The molecule has 0 spiro atoms. The monoisotopic (exact) mass is 857 g/mol. The lowest BCUT2D eigenvalue weighted by Crippen LogP contribution is -2.69. The number of alkyl carbamates (subject to hydrolysis) is 2. The fourth-order valence-electron chi connectivity index (χ4n) is 10.0. The van der Waals surface area contributed by atoms with Crippen LogP contribution in [0.1, 0.15) is 148 Å². The Labute approximate surface area is 361 Å². The van der Waals surface area contributed by atoms with E-state index in [1.807, 2.05) is 0 Å². The number of urea groups is 1. The minimum Gasteiger partial charge on any atom is -0.464 e. The van der Waals surface area contributed by atoms with Crippen LogP contribution in [-0.4, -0.2) is 122 Å². The van der Waals surface area contributed by atoms with Gasteiger partial charge in [0.15, 0.2) is 6.04 Å². The van der Waals surface area contributed by atoms with Gasteiger partial charge in [-0.05, 0) is 81.5 Å². The molecule has 16 heteroatoms. The number of nitrogens with one attached hydrogen (secondary N) is 2. The summed E-state index contributed by atoms with van der Waals surface area (Å²) in [7, 11) is 0. The van der Waals surface area contributed by atoms with Crippen molar-refractivity contribution >= 4 is 42.1 Å². The summed E-state index contributed by atoms with van der Waals surface area (Å²) in [6.07, 6.45) is 21.8. The molecule has 61 heavy (non-hydrogen) atoms. The van der Waals surface area contributed by atoms with Crippen molar-refractivity contribution in [1.29, 1.82) is 0 Å². The minimum atomic E-state index is -1.09. The highest BCUT2D eigenvalue weighted by molar-refractivity contribution is 6.08. The van der Waals surface area contributed by atoms with Crippen molar-refractivity contribution in [3.05, 3.63) is 0 Å². The highest BCUT2D eigenvalue weighted by Gasteiger charge is 2.56. The molecule has 6 aliphatic rings. The van der Waals surface area contributed by atoms with E-state index in [0.29, 0.717) is 30.8 Å². The Balaban J connectivity index is 1.02. The van der Waals surface area contributed by atoms with E-state index in [9.17, 15) is 28.8 Å². The molecule has 16 nitrogen and oxygen atoms in total. The van der Waals surface area contributed by atoms with E-state index in [0.717, 1.165) is 94.8 Å². The Morgan fingerprint density at radius 3 is 1.52 bits per heavy atom. The lowest BCUT2D eigenvalue weighted by molar-refractivity contribution is -0.171. The number of likely N-dealkylation sites (tertiary alicyclic amines) is 1. The van der Waals surface area contributed by atoms with Gasteiger partial charge < -0.3 is 28.7 Å². The number of hydrogen-bond donors (Lipinski definition) is 2. The number of aliphatic imine (C=N–C) groups is 1. The number of imide groups is 1. The van der Waals surface area contributed by atoms with Crippen molar-refractivity contribution in [1.82, 2.24) is 25.3 Å². The topological polar surface area (TPSA) is 185 Å². The number of esters is 1. The number of nitrogens with zero attached hydrogens (tertiary/aromatic N) is 4. The zero-order chi connectivity index (χ0) is 42.8. The van der Waals surface area contributed by atoms with E-state index in [1.165, 1.54) is 49.8 Å². The Morgan fingerprint density at radius 1 is 0.557 bits per heavy atom. The van der Waals surface area contributed by atoms with E-state index >= 15 is 0 Å². The fourth-order valence-corrected chi connectivity index (χ4v) is 10.0. The Bertz CT molecular complexity index is 1440. The summed E-state index contributed by atoms with van der Waals surface area (Å²) in [4.78, 5) is 88.3. The van der Waals surface area contributed by atoms with Gasteiger partial charge in [-0.1, -0.05) is 89.9 Å². The van der Waals surface area contributed by atoms with Crippen LogP contribution in [0.25, 0.3) is 0 Å². The van der Waals surface area contributed by atoms with Gasteiger partial charge in [-0.2, -0.15) is 0 Å². The molecule has 6 rings (SSSR count). The molecule has 4 saturated carbocycles. The van der Waals surface area contributed by atoms with Crippen molar-refractivity contribution in [2.24, 2.45) is 34.6 Å². The number of rotatable bonds is 14. The van der Waals surface area contributed by atoms with E-state index in [4.69, 9.17) is 18.9 Å². The third-order valence-corrected chi connectivity index (χ3v) is 13.9. The van der Waals surface area contributed by atoms with Crippen molar-refractivity contribution in [3.63, 3.8) is 0 Å². The van der Waals surface area contributed by atoms with E-state index in [-0.39, 0.29) is 70.8 Å². The highest BCUT2D eigenvalue weighted by atomic mass is 16.6. The SMILES string of the molecule is O=C(NC(=NCCC[C@H]1C(=O)N(C(=O)N2CCN(C(=O)OCCC3CCCCC3)CC2)C1C(=O)OCC1CCCCC1)NC(=O)OCC1CCCCC1)OCC1CCCCC1. The fraction of sp³-hybridized carbons (Fsp3) is 0.844. The number of carbonyl (C=O) groups is 6. The third-order valence-electron chi connectivity index (χ3n) is 13.9. The van der Waals surface area contributed by atoms with Gasteiger partial charge in [0, 0.05) is 32.7 Å². The van der Waals surface area contributed by atoms with Crippen molar-refractivity contribution < 1.29 is 47.7 Å². The molecule has 0 bridgehead atoms. The second-order valence-corrected chi connectivity index (χ2v) is 18.4. The Morgan fingerprint density at radius 2 is 1.02 bits per heavy atom. The minimum absolute atomic E-state index is 0.0986. The van der Waals surface area contributed by atoms with Crippen LogP contribution >= 0.6 is 0 Å². The van der Waals surface area contributed by atoms with Gasteiger partial charge in [0.2, 0.25) is 11.9 Å². The van der Waals surface area contributed by atoms with Gasteiger partial charge in [-0.15, -0.1) is 0 Å². The van der Waals surface area contributed by atoms with Crippen LogP contribution < -0.4 is 10.6 Å². The van der Waals surface area contributed by atoms with Crippen molar-refractivity contribution in [2.45, 2.75) is 154 Å². The van der Waals surface area contributed by atoms with Crippen LogP contribution in [-0.2, 0) is 28.5 Å². The third kappa shape index (κ3) is 14.5. The molecule has 0 aromatic heterocycles. The molecule has 0 aromatic rings. The zero-order valence-corrected chi connectivity index (χ0v) is 36.5. The van der Waals surface area contributed by atoms with E-state index < -0.39 is 48.1 Å². The number of hydrogen-bond acceptors (Lipinski definition) is 11. The first-order valence-electron chi connectivity index (χ1n) is 23.9. The lowest BCUT2D eigenvalue weighted by atomic mass is 9.83. The van der Waals surface area contributed by atoms with Crippen LogP contribution in [0.2, 0.25) is 0 Å². The smallest absolute Gasteiger partial charge is 0.413 e. The normalized spacial score (nSPS) is 23.3. The maximum Gasteiger partial charge on any atom is 0.413 e. The van der Waals surface area contributed by atoms with Crippen LogP contribution in [0.15, 0.2) is 4.99 Å². The number of amides is 6. The second-order valence-electron chi connectivity index (χ2n) is 18.4. The molecule has 2 saturated heterocycles. The summed E-state index contributed by atoms with van der Waals surface area (Å²) in [5.74, 6) is -0.522. The molecule has 4 aliphatic carbocycles. The van der Waals surface area contributed by atoms with Crippen LogP contribution in [0.4, 0.5) is 19.2 Å². The number of carbonyl (C=O) groups excluding carboxylic acids is 6. The summed E-state index contributed by atoms with van der Waals surface area (Å²) >= 11 is 0. The van der Waals surface area contributed by atoms with Gasteiger partial charge in [0.05, 0.1) is 32.3 Å². The Hall–Kier alpha value is -4.11. The first-order chi connectivity index (χ1) is 29.7. The maximum absolute atomic E-state index is 13.9. The predicted molar refractivity (Wildman–Crippen MR) is 226 cm³/mol. The van der Waals surface area contributed by atoms with Crippen LogP contribution in [0, 0.1) is 29.6 Å². The molecular formula is C45H72N6O10. The highest BCUT2D eigenvalue weighted by Crippen LogP contribution is 2.34. The summed E-state index contributed by atoms with van der Waals surface area (Å²) in [5, 5.41) is 5.12. The molecule has 2 heterocycles. The van der Waals surface area contributed by atoms with Crippen molar-refractivity contribution in [3.8, 4) is 0 Å². The number of piperazine rings is 1. The van der Waals surface area contributed by atoms with E-state index in [2.05, 4.69) is 15.6 Å². The molecule has 6 amide bonds. The van der Waals surface area contributed by atoms with Crippen molar-refractivity contribution in [2.75, 3.05) is 59.2 Å². The molecule has 2 atom stereocenters. The largest absolute Gasteiger partial charge is 0.464 e. The average molecular weight is 857 g/mol. The number of ether oxygens (including phenoxy) is 4. The zero-order valence-electron chi connectivity index (χ0n) is 36.5. The first kappa shape index (κ1) is 46.4. The molecular weight excluding hydrogens is 785 g/mol. The number of β-lactam (4-membered cyclic amide) rings is 1. The molecule has 2 N–H and O–H groups in total. The standard InChI is InChI=1S/C45H72N6O10/c52-39-37(22-13-24-46-41(47-42(54)60-31-35-18-9-3-10-19-35)48-43(55)61-32-36-20-11-4-12-21-36)38(40(53)59-30-34-16-7-2-8-17-34)51(39)44(56)49-25-27-50(28-26-49)45(57)58-29-23-33-14-5-1-6-15-33/h33-38H,1-32H2,(H2,46,47,48,54,55)/t37-,38?/m1/s1. The maximum atomic E-state index is 13.9. The average Bonchev–Trinajstić information content (AvgIpc) is 3.29. The summed E-state index contributed by atoms with van der Waals surface area (Å²) in [5.41, 5.74) is 0. The molecule has 1 unspecified atom stereocenters. The summed E-state index contributed by atoms with van der Waals surface area (Å²) < 4.78 is 22.4. The van der Waals surface area contributed by atoms with Gasteiger partial charge in [0.25, 0.3) is 0 Å². The van der Waals surface area contributed by atoms with Gasteiger partial charge >= 0.3 is 30.3 Å². The quantitative estimate of drug-likeness (QED) is 0.0442. The molecule has 2 aliphatic heterocycles. The molecule has 342 valence electrons. The first-order valence-corrected chi connectivity index (χ1v) is 23.9. The van der Waals surface area contributed by atoms with E-state index in [1.54, 1.807) is 4.90 Å². The lowest BCUT2D eigenvalue weighted by Gasteiger charge is -2.46. The summed E-state index contributed by atoms with van der Waals surface area (Å²) in [6, 6.07) is -1.66. The Kier molecular flexibility index (Phi) is 18.6. The van der Waals surface area contributed by atoms with Crippen LogP contribution in [0.3, 0.4) is 0 Å². The van der Waals surface area contributed by atoms with Gasteiger partial charge in [-0.3, -0.25) is 20.4 Å². The molecule has 0 radical (unpaired) electrons. The predicted octanol–water partition coefficient (Wildman–Crippen LogP) is 7.53. The van der Waals surface area contributed by atoms with Gasteiger partial charge in [-0.25, -0.2) is 28.9 Å². The summed E-state index contributed by atoms with van der Waals surface area (Å²) in [6.45, 7) is 2.24. The second kappa shape index (κ2) is 24.5. The molecule has 0 aromatic carbocycles. The molecule has 6 fully saturated rings.